The molecule has 0 aromatic rings. The summed E-state index contributed by atoms with van der Waals surface area (Å²) in [7, 11) is 0. The van der Waals surface area contributed by atoms with Gasteiger partial charge in [0.1, 0.15) is 0 Å². The molecule has 0 N–H and O–H groups in total. The molecule has 1 aliphatic heterocycles. The van der Waals surface area contributed by atoms with Crippen molar-refractivity contribution in [3.8, 4) is 0 Å². The molecule has 0 amide bonds. The van der Waals surface area contributed by atoms with E-state index in [1.807, 2.05) is 30.4 Å². The molecule has 0 radical (unpaired) electrons. The Balaban J connectivity index is 2.32. The third kappa shape index (κ3) is 2.40. The molecule has 1 saturated heterocycles. The van der Waals surface area contributed by atoms with Crippen molar-refractivity contribution in [1.29, 1.82) is 0 Å². The van der Waals surface area contributed by atoms with E-state index in [4.69, 9.17) is 23.2 Å². The Morgan fingerprint density at radius 1 is 1.30 bits per heavy atom. The zero-order valence-corrected chi connectivity index (χ0v) is 8.86. The molecule has 1 fully saturated rings. The Morgan fingerprint density at radius 3 is 2.20 bits per heavy atom. The minimum Gasteiger partial charge on any atom is -0.145 e. The second-order valence-corrected chi connectivity index (χ2v) is 6.22. The van der Waals surface area contributed by atoms with Crippen molar-refractivity contribution < 1.29 is 0 Å². The van der Waals surface area contributed by atoms with Gasteiger partial charge in [0.15, 0.2) is 0 Å². The van der Waals surface area contributed by atoms with E-state index in [0.717, 1.165) is 0 Å². The first-order chi connectivity index (χ1) is 4.72. The lowest BCUT2D eigenvalue weighted by molar-refractivity contribution is 0.892. The van der Waals surface area contributed by atoms with Gasteiger partial charge in [-0.2, -0.15) is 0 Å². The van der Waals surface area contributed by atoms with Crippen molar-refractivity contribution in [1.82, 2.24) is 0 Å². The number of thioether (sulfide) groups is 2. The van der Waals surface area contributed by atoms with Crippen LogP contribution in [-0.2, 0) is 0 Å². The minimum absolute atomic E-state index is 0.0877. The molecule has 1 aliphatic rings. The fourth-order valence-electron chi connectivity index (χ4n) is 0.777. The summed E-state index contributed by atoms with van der Waals surface area (Å²) in [5.41, 5.74) is 0. The van der Waals surface area contributed by atoms with E-state index in [1.54, 1.807) is 0 Å². The van der Waals surface area contributed by atoms with Gasteiger partial charge in [-0.15, -0.1) is 46.7 Å². The quantitative estimate of drug-likeness (QED) is 0.652. The minimum atomic E-state index is 0.0877. The molecule has 0 aromatic carbocycles. The van der Waals surface area contributed by atoms with E-state index in [2.05, 4.69) is 0 Å². The predicted molar refractivity (Wildman–Crippen MR) is 53.7 cm³/mol. The first-order valence-corrected chi connectivity index (χ1v) is 6.20. The average molecular weight is 217 g/mol. The van der Waals surface area contributed by atoms with Crippen molar-refractivity contribution in [2.75, 3.05) is 11.5 Å². The van der Waals surface area contributed by atoms with Gasteiger partial charge in [0.25, 0.3) is 0 Å². The summed E-state index contributed by atoms with van der Waals surface area (Å²) >= 11 is 15.7. The Bertz CT molecular complexity index is 102. The summed E-state index contributed by atoms with van der Waals surface area (Å²) in [6.07, 6.45) is 0. The zero-order chi connectivity index (χ0) is 7.56. The lowest BCUT2D eigenvalue weighted by atomic mass is 10.4. The lowest BCUT2D eigenvalue weighted by Crippen LogP contribution is -2.20. The van der Waals surface area contributed by atoms with Crippen molar-refractivity contribution in [2.45, 2.75) is 22.3 Å². The van der Waals surface area contributed by atoms with Gasteiger partial charge in [0.2, 0.25) is 0 Å². The van der Waals surface area contributed by atoms with Crippen LogP contribution in [0, 0.1) is 0 Å². The molecule has 1 heterocycles. The molecule has 10 heavy (non-hydrogen) atoms. The molecule has 0 aromatic heterocycles. The highest BCUT2D eigenvalue weighted by Crippen LogP contribution is 2.38. The molecule has 0 unspecified atom stereocenters. The van der Waals surface area contributed by atoms with Crippen LogP contribution in [0.1, 0.15) is 6.92 Å². The van der Waals surface area contributed by atoms with E-state index in [-0.39, 0.29) is 10.8 Å². The van der Waals surface area contributed by atoms with Crippen LogP contribution in [-0.4, -0.2) is 26.8 Å². The summed E-state index contributed by atoms with van der Waals surface area (Å²) in [5.74, 6) is 2.45. The van der Waals surface area contributed by atoms with Crippen LogP contribution < -0.4 is 0 Å². The second-order valence-electron chi connectivity index (χ2n) is 2.23. The Labute approximate surface area is 80.4 Å². The predicted octanol–water partition coefficient (Wildman–Crippen LogP) is 3.03. The third-order valence-electron chi connectivity index (χ3n) is 1.35. The number of hydrogen-bond donors (Lipinski definition) is 0. The normalized spacial score (nSPS) is 26.7. The number of rotatable bonds is 2. The topological polar surface area (TPSA) is 0 Å². The molecular weight excluding hydrogens is 207 g/mol. The van der Waals surface area contributed by atoms with Crippen LogP contribution in [0.2, 0.25) is 0 Å². The summed E-state index contributed by atoms with van der Waals surface area (Å²) in [4.78, 5) is 0. The molecular formula is C6H10Cl2S2. The van der Waals surface area contributed by atoms with Gasteiger partial charge in [-0.25, -0.2) is 0 Å². The second kappa shape index (κ2) is 4.34. The van der Waals surface area contributed by atoms with E-state index >= 15 is 0 Å². The Kier molecular flexibility index (Phi) is 4.07. The number of alkyl halides is 2. The molecule has 60 valence electrons. The van der Waals surface area contributed by atoms with Crippen LogP contribution in [0.4, 0.5) is 0 Å². The van der Waals surface area contributed by atoms with Crippen LogP contribution in [0.5, 0.6) is 0 Å². The molecule has 0 saturated carbocycles. The standard InChI is InChI=1S/C6H10Cl2S2/c1-4(7)5(8)6-9-2-3-10-6/h4-6H,2-3H2,1H3/t4-,5+/m0/s1. The van der Waals surface area contributed by atoms with Gasteiger partial charge in [-0.05, 0) is 6.92 Å². The van der Waals surface area contributed by atoms with Crippen molar-refractivity contribution >= 4 is 46.7 Å². The molecule has 0 spiro atoms. The maximum Gasteiger partial charge on any atom is 0.0707 e. The largest absolute Gasteiger partial charge is 0.145 e. The highest BCUT2D eigenvalue weighted by molar-refractivity contribution is 8.20. The monoisotopic (exact) mass is 216 g/mol. The van der Waals surface area contributed by atoms with Crippen molar-refractivity contribution in [3.05, 3.63) is 0 Å². The maximum absolute atomic E-state index is 6.05. The van der Waals surface area contributed by atoms with Gasteiger partial charge >= 0.3 is 0 Å². The summed E-state index contributed by atoms with van der Waals surface area (Å²) in [6, 6.07) is 0. The molecule has 4 heteroatoms. The number of halogens is 2. The van der Waals surface area contributed by atoms with Gasteiger partial charge in [0, 0.05) is 16.9 Å². The highest BCUT2D eigenvalue weighted by Gasteiger charge is 2.27. The van der Waals surface area contributed by atoms with E-state index in [9.17, 15) is 0 Å². The molecule has 0 bridgehead atoms. The van der Waals surface area contributed by atoms with Crippen LogP contribution in [0.15, 0.2) is 0 Å². The lowest BCUT2D eigenvalue weighted by Gasteiger charge is -2.16. The fourth-order valence-corrected chi connectivity index (χ4v) is 4.57. The summed E-state index contributed by atoms with van der Waals surface area (Å²) in [5, 5.41) is 0.212. The Morgan fingerprint density at radius 2 is 1.80 bits per heavy atom. The molecule has 2 atom stereocenters. The van der Waals surface area contributed by atoms with E-state index in [0.29, 0.717) is 4.58 Å². The molecule has 0 aliphatic carbocycles. The molecule has 0 nitrogen and oxygen atoms in total. The van der Waals surface area contributed by atoms with Crippen molar-refractivity contribution in [2.24, 2.45) is 0 Å². The van der Waals surface area contributed by atoms with Gasteiger partial charge in [-0.1, -0.05) is 0 Å². The van der Waals surface area contributed by atoms with Crippen LogP contribution >= 0.6 is 46.7 Å². The smallest absolute Gasteiger partial charge is 0.0707 e. The van der Waals surface area contributed by atoms with E-state index in [1.165, 1.54) is 11.5 Å². The summed E-state index contributed by atoms with van der Waals surface area (Å²) < 4.78 is 0.522. The van der Waals surface area contributed by atoms with E-state index < -0.39 is 0 Å². The van der Waals surface area contributed by atoms with Crippen LogP contribution in [0.25, 0.3) is 0 Å². The van der Waals surface area contributed by atoms with Gasteiger partial charge in [0.05, 0.1) is 9.96 Å². The zero-order valence-electron chi connectivity index (χ0n) is 5.72. The highest BCUT2D eigenvalue weighted by atomic mass is 35.5. The van der Waals surface area contributed by atoms with Gasteiger partial charge < -0.3 is 0 Å². The first kappa shape index (κ1) is 9.37. The third-order valence-corrected chi connectivity index (χ3v) is 5.87. The van der Waals surface area contributed by atoms with Crippen molar-refractivity contribution in [3.63, 3.8) is 0 Å². The Hall–Kier alpha value is 1.28. The maximum atomic E-state index is 6.05. The van der Waals surface area contributed by atoms with Crippen LogP contribution in [0.3, 0.4) is 0 Å². The first-order valence-electron chi connectivity index (χ1n) is 3.23. The summed E-state index contributed by atoms with van der Waals surface area (Å²) in [6.45, 7) is 1.96. The SMILES string of the molecule is C[C@H](Cl)[C@@H](Cl)C1SCCS1. The number of hydrogen-bond acceptors (Lipinski definition) is 2. The van der Waals surface area contributed by atoms with Gasteiger partial charge in [-0.3, -0.25) is 0 Å². The molecule has 1 rings (SSSR count). The average Bonchev–Trinajstić information content (AvgIpc) is 2.36. The fraction of sp³-hybridized carbons (Fsp3) is 1.00.